The highest BCUT2D eigenvalue weighted by atomic mass is 35.5. The monoisotopic (exact) mass is 337 g/mol. The highest BCUT2D eigenvalue weighted by molar-refractivity contribution is 6.33. The molecular weight excluding hydrogens is 331 g/mol. The Morgan fingerprint density at radius 2 is 1.82 bits per heavy atom. The summed E-state index contributed by atoms with van der Waals surface area (Å²) >= 11 is 11.7. The molecule has 0 saturated carbocycles. The van der Waals surface area contributed by atoms with Gasteiger partial charge in [-0.15, -0.1) is 0 Å². The second-order valence-electron chi connectivity index (χ2n) is 4.26. The maximum absolute atomic E-state index is 13.7. The molecule has 0 aromatic heterocycles. The Balaban J connectivity index is 2.77. The molecule has 0 saturated heterocycles. The van der Waals surface area contributed by atoms with Crippen molar-refractivity contribution in [2.75, 3.05) is 0 Å². The van der Waals surface area contributed by atoms with E-state index >= 15 is 0 Å². The molecule has 0 spiro atoms. The molecule has 2 aromatic rings. The molecule has 0 aliphatic carbocycles. The zero-order valence-electron chi connectivity index (χ0n) is 10.9. The van der Waals surface area contributed by atoms with Gasteiger partial charge in [-0.3, -0.25) is 4.79 Å². The third-order valence-electron chi connectivity index (χ3n) is 2.96. The predicted octanol–water partition coefficient (Wildman–Crippen LogP) is 5.04. The summed E-state index contributed by atoms with van der Waals surface area (Å²) in [5.74, 6) is -1.37. The van der Waals surface area contributed by atoms with Gasteiger partial charge in [-0.2, -0.15) is 5.26 Å². The molecule has 22 heavy (non-hydrogen) atoms. The molecular formula is C16H7Cl2F2NO. The first-order valence-corrected chi connectivity index (χ1v) is 6.74. The maximum Gasteiger partial charge on any atom is 0.150 e. The normalized spacial score (nSPS) is 11.1. The first kappa shape index (κ1) is 16.2. The second-order valence-corrected chi connectivity index (χ2v) is 5.04. The zero-order chi connectivity index (χ0) is 16.3. The number of halogens is 4. The van der Waals surface area contributed by atoms with Crippen molar-refractivity contribution in [2.45, 2.75) is 0 Å². The van der Waals surface area contributed by atoms with Gasteiger partial charge in [0.25, 0.3) is 0 Å². The molecule has 0 N–H and O–H groups in total. The second kappa shape index (κ2) is 6.69. The molecule has 0 aliphatic rings. The van der Waals surface area contributed by atoms with E-state index in [9.17, 15) is 13.6 Å². The van der Waals surface area contributed by atoms with Crippen LogP contribution in [-0.4, -0.2) is 6.29 Å². The number of rotatable bonds is 3. The fraction of sp³-hybridized carbons (Fsp3) is 0. The number of hydrogen-bond donors (Lipinski definition) is 0. The van der Waals surface area contributed by atoms with Crippen LogP contribution in [0.15, 0.2) is 36.4 Å². The molecule has 2 aromatic carbocycles. The van der Waals surface area contributed by atoms with Crippen LogP contribution in [0.5, 0.6) is 0 Å². The van der Waals surface area contributed by atoms with Crippen molar-refractivity contribution in [1.82, 2.24) is 0 Å². The van der Waals surface area contributed by atoms with Gasteiger partial charge < -0.3 is 0 Å². The SMILES string of the molecule is N#C/C=C(\c1ccc(F)c(Cl)c1)c1c(C=O)ccc(F)c1Cl. The van der Waals surface area contributed by atoms with E-state index in [1.54, 1.807) is 6.07 Å². The molecule has 0 heterocycles. The van der Waals surface area contributed by atoms with Crippen molar-refractivity contribution in [1.29, 1.82) is 5.26 Å². The molecule has 6 heteroatoms. The smallest absolute Gasteiger partial charge is 0.150 e. The van der Waals surface area contributed by atoms with Crippen LogP contribution < -0.4 is 0 Å². The van der Waals surface area contributed by atoms with Crippen LogP contribution in [0.2, 0.25) is 10.0 Å². The van der Waals surface area contributed by atoms with Gasteiger partial charge in [-0.1, -0.05) is 29.3 Å². The number of aldehydes is 1. The minimum atomic E-state index is -0.737. The summed E-state index contributed by atoms with van der Waals surface area (Å²) in [5, 5.41) is 8.48. The number of nitriles is 1. The Kier molecular flexibility index (Phi) is 4.92. The van der Waals surface area contributed by atoms with Gasteiger partial charge in [-0.05, 0) is 29.8 Å². The van der Waals surface area contributed by atoms with Crippen molar-refractivity contribution in [3.05, 3.63) is 74.8 Å². The van der Waals surface area contributed by atoms with Crippen LogP contribution in [0.1, 0.15) is 21.5 Å². The van der Waals surface area contributed by atoms with Gasteiger partial charge in [0.1, 0.15) is 11.6 Å². The van der Waals surface area contributed by atoms with E-state index < -0.39 is 11.6 Å². The fourth-order valence-electron chi connectivity index (χ4n) is 1.97. The van der Waals surface area contributed by atoms with Crippen LogP contribution in [0.3, 0.4) is 0 Å². The summed E-state index contributed by atoms with van der Waals surface area (Å²) in [4.78, 5) is 11.2. The molecule has 0 unspecified atom stereocenters. The number of hydrogen-bond acceptors (Lipinski definition) is 2. The molecule has 110 valence electrons. The van der Waals surface area contributed by atoms with Gasteiger partial charge in [0.2, 0.25) is 0 Å². The molecule has 0 radical (unpaired) electrons. The van der Waals surface area contributed by atoms with Gasteiger partial charge >= 0.3 is 0 Å². The summed E-state index contributed by atoms with van der Waals surface area (Å²) in [6.45, 7) is 0. The molecule has 0 fully saturated rings. The molecule has 0 atom stereocenters. The lowest BCUT2D eigenvalue weighted by molar-refractivity contribution is 0.112. The van der Waals surface area contributed by atoms with E-state index in [1.165, 1.54) is 18.2 Å². The number of carbonyl (C=O) groups excluding carboxylic acids is 1. The summed E-state index contributed by atoms with van der Waals surface area (Å²) < 4.78 is 27.0. The highest BCUT2D eigenvalue weighted by Gasteiger charge is 2.18. The number of allylic oxidation sites excluding steroid dienone is 1. The summed E-state index contributed by atoms with van der Waals surface area (Å²) in [7, 11) is 0. The molecule has 0 bridgehead atoms. The van der Waals surface area contributed by atoms with Crippen molar-refractivity contribution >= 4 is 35.1 Å². The highest BCUT2D eigenvalue weighted by Crippen LogP contribution is 2.34. The quantitative estimate of drug-likeness (QED) is 0.581. The van der Waals surface area contributed by atoms with Gasteiger partial charge in [0.05, 0.1) is 16.1 Å². The number of carbonyl (C=O) groups is 1. The van der Waals surface area contributed by atoms with E-state index in [1.807, 2.05) is 0 Å². The average molecular weight is 338 g/mol. The number of nitrogens with zero attached hydrogens (tertiary/aromatic N) is 1. The van der Waals surface area contributed by atoms with Crippen molar-refractivity contribution in [3.8, 4) is 6.07 Å². The summed E-state index contributed by atoms with van der Waals surface area (Å²) in [5.41, 5.74) is 0.675. The van der Waals surface area contributed by atoms with E-state index in [-0.39, 0.29) is 26.7 Å². The standard InChI is InChI=1S/C16H7Cl2F2NO/c17-12-7-9(1-3-13(12)19)11(5-6-21)15-10(8-22)2-4-14(20)16(15)18/h1-5,7-8H/b11-5+. The maximum atomic E-state index is 13.7. The first-order chi connectivity index (χ1) is 10.5. The van der Waals surface area contributed by atoms with E-state index in [0.717, 1.165) is 18.2 Å². The first-order valence-electron chi connectivity index (χ1n) is 5.98. The lowest BCUT2D eigenvalue weighted by Gasteiger charge is -2.13. The molecule has 2 rings (SSSR count). The largest absolute Gasteiger partial charge is 0.298 e. The Bertz CT molecular complexity index is 826. The van der Waals surface area contributed by atoms with Gasteiger partial charge in [0.15, 0.2) is 6.29 Å². The van der Waals surface area contributed by atoms with Crippen LogP contribution in [-0.2, 0) is 0 Å². The minimum Gasteiger partial charge on any atom is -0.298 e. The van der Waals surface area contributed by atoms with Crippen LogP contribution in [0.25, 0.3) is 5.57 Å². The molecule has 2 nitrogen and oxygen atoms in total. The summed E-state index contributed by atoms with van der Waals surface area (Å²) in [6, 6.07) is 7.85. The lowest BCUT2D eigenvalue weighted by Crippen LogP contribution is -1.98. The Labute approximate surface area is 135 Å². The minimum absolute atomic E-state index is 0.0564. The average Bonchev–Trinajstić information content (AvgIpc) is 2.51. The van der Waals surface area contributed by atoms with Crippen molar-refractivity contribution in [3.63, 3.8) is 0 Å². The Morgan fingerprint density at radius 3 is 2.41 bits per heavy atom. The number of benzene rings is 2. The van der Waals surface area contributed by atoms with Gasteiger partial charge in [-0.25, -0.2) is 8.78 Å². The molecule has 0 amide bonds. The lowest BCUT2D eigenvalue weighted by atomic mass is 9.93. The van der Waals surface area contributed by atoms with E-state index in [0.29, 0.717) is 11.8 Å². The van der Waals surface area contributed by atoms with Crippen molar-refractivity contribution in [2.24, 2.45) is 0 Å². The van der Waals surface area contributed by atoms with Gasteiger partial charge in [0, 0.05) is 22.8 Å². The third kappa shape index (κ3) is 3.01. The third-order valence-corrected chi connectivity index (χ3v) is 3.62. The topological polar surface area (TPSA) is 40.9 Å². The Morgan fingerprint density at radius 1 is 1.14 bits per heavy atom. The predicted molar refractivity (Wildman–Crippen MR) is 80.9 cm³/mol. The van der Waals surface area contributed by atoms with E-state index in [4.69, 9.17) is 28.5 Å². The Hall–Kier alpha value is -2.22. The van der Waals surface area contributed by atoms with Crippen molar-refractivity contribution < 1.29 is 13.6 Å². The summed E-state index contributed by atoms with van der Waals surface area (Å²) in [6.07, 6.45) is 1.59. The fourth-order valence-corrected chi connectivity index (χ4v) is 2.42. The van der Waals surface area contributed by atoms with Crippen LogP contribution >= 0.6 is 23.2 Å². The van der Waals surface area contributed by atoms with E-state index in [2.05, 4.69) is 0 Å². The van der Waals surface area contributed by atoms with Crippen LogP contribution in [0.4, 0.5) is 8.78 Å². The zero-order valence-corrected chi connectivity index (χ0v) is 12.4. The van der Waals surface area contributed by atoms with Crippen LogP contribution in [0, 0.1) is 23.0 Å². The molecule has 0 aliphatic heterocycles.